The van der Waals surface area contributed by atoms with Crippen molar-refractivity contribution < 1.29 is 14.4 Å². The fraction of sp³-hybridized carbons (Fsp3) is 0.750. The summed E-state index contributed by atoms with van der Waals surface area (Å²) in [6, 6.07) is -0.117. The summed E-state index contributed by atoms with van der Waals surface area (Å²) in [6.45, 7) is 5.03. The molecule has 2 amide bonds. The molecule has 1 aliphatic carbocycles. The molecule has 2 atom stereocenters. The van der Waals surface area contributed by atoms with Gasteiger partial charge in [0, 0.05) is 25.4 Å². The number of hydrogen-bond acceptors (Lipinski definition) is 4. The fourth-order valence-corrected chi connectivity index (χ4v) is 3.76. The van der Waals surface area contributed by atoms with E-state index in [9.17, 15) is 9.90 Å². The Kier molecular flexibility index (Phi) is 4.12. The summed E-state index contributed by atoms with van der Waals surface area (Å²) >= 11 is 0. The molecular weight excluding hydrogens is 282 g/mol. The first kappa shape index (κ1) is 15.3. The smallest absolute Gasteiger partial charge is 0.322 e. The van der Waals surface area contributed by atoms with E-state index in [0.717, 1.165) is 25.7 Å². The van der Waals surface area contributed by atoms with Gasteiger partial charge in [-0.1, -0.05) is 24.9 Å². The van der Waals surface area contributed by atoms with E-state index in [1.807, 2.05) is 18.7 Å². The fourth-order valence-electron chi connectivity index (χ4n) is 3.76. The van der Waals surface area contributed by atoms with Crippen molar-refractivity contribution in [1.82, 2.24) is 10.1 Å². The van der Waals surface area contributed by atoms with Crippen molar-refractivity contribution in [3.63, 3.8) is 0 Å². The molecule has 3 rings (SSSR count). The number of aromatic nitrogens is 1. The van der Waals surface area contributed by atoms with Crippen LogP contribution in [0.5, 0.6) is 0 Å². The number of amides is 2. The average Bonchev–Trinajstić information content (AvgIpc) is 2.86. The lowest BCUT2D eigenvalue weighted by molar-refractivity contribution is -0.0863. The summed E-state index contributed by atoms with van der Waals surface area (Å²) in [5, 5.41) is 17.5. The monoisotopic (exact) mass is 307 g/mol. The van der Waals surface area contributed by atoms with E-state index >= 15 is 0 Å². The number of aryl methyl sites for hydroxylation is 2. The Labute approximate surface area is 130 Å². The Morgan fingerprint density at radius 1 is 1.50 bits per heavy atom. The molecule has 6 nitrogen and oxygen atoms in total. The van der Waals surface area contributed by atoms with Crippen LogP contribution >= 0.6 is 0 Å². The summed E-state index contributed by atoms with van der Waals surface area (Å²) < 4.78 is 5.21. The van der Waals surface area contributed by atoms with Crippen LogP contribution in [-0.4, -0.2) is 39.9 Å². The van der Waals surface area contributed by atoms with Gasteiger partial charge in [0.25, 0.3) is 0 Å². The number of urea groups is 1. The van der Waals surface area contributed by atoms with Crippen LogP contribution in [0.25, 0.3) is 0 Å². The van der Waals surface area contributed by atoms with Crippen LogP contribution in [0.15, 0.2) is 4.52 Å². The Morgan fingerprint density at radius 3 is 3.09 bits per heavy atom. The molecule has 2 unspecified atom stereocenters. The van der Waals surface area contributed by atoms with Crippen molar-refractivity contribution in [3.05, 3.63) is 11.5 Å². The number of rotatable bonds is 2. The zero-order valence-electron chi connectivity index (χ0n) is 13.4. The van der Waals surface area contributed by atoms with Crippen molar-refractivity contribution in [2.75, 3.05) is 18.4 Å². The van der Waals surface area contributed by atoms with E-state index in [1.165, 1.54) is 0 Å². The Hall–Kier alpha value is -1.56. The highest BCUT2D eigenvalue weighted by molar-refractivity contribution is 5.90. The maximum absolute atomic E-state index is 12.5. The zero-order valence-corrected chi connectivity index (χ0v) is 13.4. The van der Waals surface area contributed by atoms with Gasteiger partial charge in [-0.2, -0.15) is 0 Å². The number of piperidine rings is 1. The van der Waals surface area contributed by atoms with Gasteiger partial charge in [0.1, 0.15) is 11.4 Å². The molecule has 1 aromatic heterocycles. The maximum Gasteiger partial charge on any atom is 0.322 e. The number of carbonyl (C=O) groups is 1. The predicted octanol–water partition coefficient (Wildman–Crippen LogP) is 2.70. The first-order valence-electron chi connectivity index (χ1n) is 8.27. The lowest BCUT2D eigenvalue weighted by Gasteiger charge is -2.47. The normalized spacial score (nSPS) is 28.3. The highest BCUT2D eigenvalue weighted by Gasteiger charge is 2.43. The van der Waals surface area contributed by atoms with Gasteiger partial charge in [-0.05, 0) is 26.2 Å². The Morgan fingerprint density at radius 2 is 2.32 bits per heavy atom. The third-order valence-corrected chi connectivity index (χ3v) is 5.20. The summed E-state index contributed by atoms with van der Waals surface area (Å²) in [7, 11) is 0. The topological polar surface area (TPSA) is 78.6 Å². The number of anilines is 1. The van der Waals surface area contributed by atoms with Crippen molar-refractivity contribution in [2.45, 2.75) is 58.0 Å². The van der Waals surface area contributed by atoms with Crippen LogP contribution in [0.3, 0.4) is 0 Å². The maximum atomic E-state index is 12.5. The molecule has 1 aliphatic heterocycles. The Bertz CT molecular complexity index is 557. The minimum absolute atomic E-state index is 0.117. The summed E-state index contributed by atoms with van der Waals surface area (Å²) in [6.07, 6.45) is 5.49. The van der Waals surface area contributed by atoms with E-state index in [-0.39, 0.29) is 11.9 Å². The number of fused-ring (bicyclic) bond motifs is 1. The number of nitrogens with one attached hydrogen (secondary N) is 1. The van der Waals surface area contributed by atoms with Crippen LogP contribution in [-0.2, 0) is 6.42 Å². The summed E-state index contributed by atoms with van der Waals surface area (Å²) in [5.41, 5.74) is 0.838. The van der Waals surface area contributed by atoms with Gasteiger partial charge in [-0.25, -0.2) is 4.79 Å². The third kappa shape index (κ3) is 2.72. The molecule has 1 saturated heterocycles. The molecular formula is C16H25N3O3. The van der Waals surface area contributed by atoms with E-state index in [4.69, 9.17) is 4.52 Å². The van der Waals surface area contributed by atoms with Crippen LogP contribution < -0.4 is 5.32 Å². The van der Waals surface area contributed by atoms with E-state index in [0.29, 0.717) is 43.1 Å². The molecule has 1 aromatic rings. The van der Waals surface area contributed by atoms with Gasteiger partial charge in [-0.15, -0.1) is 0 Å². The number of nitrogens with zero attached hydrogens (tertiary/aromatic N) is 2. The first-order chi connectivity index (χ1) is 10.5. The molecule has 2 aliphatic rings. The molecule has 0 bridgehead atoms. The van der Waals surface area contributed by atoms with E-state index in [2.05, 4.69) is 10.5 Å². The minimum Gasteiger partial charge on any atom is -0.389 e. The third-order valence-electron chi connectivity index (χ3n) is 5.20. The van der Waals surface area contributed by atoms with Crippen molar-refractivity contribution in [1.29, 1.82) is 0 Å². The second kappa shape index (κ2) is 5.91. The van der Waals surface area contributed by atoms with Gasteiger partial charge in [0.2, 0.25) is 0 Å². The van der Waals surface area contributed by atoms with Gasteiger partial charge in [-0.3, -0.25) is 0 Å². The molecule has 122 valence electrons. The van der Waals surface area contributed by atoms with Crippen LogP contribution in [0.4, 0.5) is 10.5 Å². The quantitative estimate of drug-likeness (QED) is 0.880. The van der Waals surface area contributed by atoms with Crippen LogP contribution in [0.1, 0.15) is 50.5 Å². The molecule has 0 aromatic carbocycles. The predicted molar refractivity (Wildman–Crippen MR) is 82.7 cm³/mol. The van der Waals surface area contributed by atoms with Gasteiger partial charge in [0.15, 0.2) is 5.76 Å². The van der Waals surface area contributed by atoms with Crippen LogP contribution in [0.2, 0.25) is 0 Å². The largest absolute Gasteiger partial charge is 0.389 e. The molecule has 0 spiro atoms. The Balaban J connectivity index is 1.67. The van der Waals surface area contributed by atoms with Crippen molar-refractivity contribution in [2.24, 2.45) is 5.92 Å². The second-order valence-corrected chi connectivity index (χ2v) is 6.59. The van der Waals surface area contributed by atoms with Gasteiger partial charge < -0.3 is 19.8 Å². The van der Waals surface area contributed by atoms with Gasteiger partial charge >= 0.3 is 6.03 Å². The van der Waals surface area contributed by atoms with Gasteiger partial charge in [0.05, 0.1) is 5.60 Å². The van der Waals surface area contributed by atoms with E-state index < -0.39 is 5.60 Å². The molecule has 0 radical (unpaired) electrons. The average molecular weight is 307 g/mol. The number of aliphatic hydroxyl groups is 1. The zero-order chi connectivity index (χ0) is 15.7. The van der Waals surface area contributed by atoms with Crippen molar-refractivity contribution >= 4 is 11.7 Å². The lowest BCUT2D eigenvalue weighted by atomic mass is 9.71. The molecule has 2 fully saturated rings. The molecule has 1 saturated carbocycles. The molecule has 2 heterocycles. The molecule has 2 N–H and O–H groups in total. The number of carbonyl (C=O) groups excluding carboxylic acids is 1. The highest BCUT2D eigenvalue weighted by atomic mass is 16.5. The minimum atomic E-state index is -0.559. The van der Waals surface area contributed by atoms with Crippen LogP contribution in [0, 0.1) is 12.8 Å². The first-order valence-corrected chi connectivity index (χ1v) is 8.27. The van der Waals surface area contributed by atoms with Crippen molar-refractivity contribution in [3.8, 4) is 0 Å². The number of likely N-dealkylation sites (tertiary alicyclic amines) is 1. The molecule has 6 heteroatoms. The second-order valence-electron chi connectivity index (χ2n) is 6.59. The lowest BCUT2D eigenvalue weighted by Crippen LogP contribution is -2.55. The molecule has 22 heavy (non-hydrogen) atoms. The van der Waals surface area contributed by atoms with E-state index in [1.54, 1.807) is 0 Å². The number of hydrogen-bond donors (Lipinski definition) is 2. The standard InChI is InChI=1S/C16H25N3O3/c1-3-13-14(11(2)18-22-13)17-15(20)19-9-8-16(21)7-5-4-6-12(16)10-19/h12,21H,3-10H2,1-2H3,(H,17,20). The SMILES string of the molecule is CCc1onc(C)c1NC(=O)N1CCC2(O)CCCCC2C1. The summed E-state index contributed by atoms with van der Waals surface area (Å²) in [5.74, 6) is 0.909. The summed E-state index contributed by atoms with van der Waals surface area (Å²) in [4.78, 5) is 14.3. The highest BCUT2D eigenvalue weighted by Crippen LogP contribution is 2.39.